The molecule has 2 aromatic rings. The van der Waals surface area contributed by atoms with Crippen LogP contribution in [0.5, 0.6) is 0 Å². The monoisotopic (exact) mass is 773 g/mol. The maximum atomic E-state index is 13.2. The minimum Gasteiger partial charge on any atom is -0.460 e. The van der Waals surface area contributed by atoms with Crippen LogP contribution in [0, 0.1) is 11.8 Å². The first-order chi connectivity index (χ1) is 23.2. The van der Waals surface area contributed by atoms with Crippen molar-refractivity contribution >= 4 is 80.6 Å². The molecule has 1 fully saturated rings. The molecular weight excluding hydrogens is 725 g/mol. The summed E-state index contributed by atoms with van der Waals surface area (Å²) in [7, 11) is -1.22. The van der Waals surface area contributed by atoms with E-state index in [4.69, 9.17) is 49.3 Å². The summed E-state index contributed by atoms with van der Waals surface area (Å²) in [6, 6.07) is 8.14. The molecule has 3 N–H and O–H groups in total. The van der Waals surface area contributed by atoms with Crippen LogP contribution in [0.3, 0.4) is 0 Å². The summed E-state index contributed by atoms with van der Waals surface area (Å²) in [5.41, 5.74) is 5.47. The molecule has 0 aliphatic carbocycles. The predicted octanol–water partition coefficient (Wildman–Crippen LogP) is 5.95. The lowest BCUT2D eigenvalue weighted by molar-refractivity contribution is -0.153. The standard InChI is InChI=1S/C35H50Cl3N5O6S/c1-21(2)30(31(44)39-24(5)32(45)43-17-9-10-28(41-43)33(46)49-20-35(36,37)38)48-19-22(3)11-12-25-13-14-26-15-16-27(40-29(26)18-25)23(4)42-50(47)34(6,7)8/h11-16,18,21-24,28,30,41-42H,9-10,17,19-20H2,1-8H3,(H,39,44)/t22?,23-,24+,28+,30+,50+/m1/s1. The zero-order valence-electron chi connectivity index (χ0n) is 29.9. The van der Waals surface area contributed by atoms with E-state index >= 15 is 0 Å². The fourth-order valence-electron chi connectivity index (χ4n) is 5.01. The van der Waals surface area contributed by atoms with Crippen LogP contribution >= 0.6 is 34.8 Å². The SMILES string of the molecule is CC(C=Cc1ccc2ccc([C@@H](C)N[S@@](=O)C(C)(C)C)nc2c1)CO[C@H](C(=O)N[C@@H](C)C(=O)N1CCC[C@@H](C(=O)OCC(Cl)(Cl)Cl)N1)C(C)C. The van der Waals surface area contributed by atoms with Crippen molar-refractivity contribution in [2.75, 3.05) is 19.8 Å². The van der Waals surface area contributed by atoms with E-state index in [1.54, 1.807) is 6.92 Å². The Hall–Kier alpha value is -2.32. The van der Waals surface area contributed by atoms with Gasteiger partial charge in [-0.15, -0.1) is 0 Å². The van der Waals surface area contributed by atoms with E-state index in [0.717, 1.165) is 22.2 Å². The van der Waals surface area contributed by atoms with Gasteiger partial charge in [0.1, 0.15) is 24.8 Å². The van der Waals surface area contributed by atoms with Gasteiger partial charge in [0.2, 0.25) is 9.70 Å². The number of nitrogens with zero attached hydrogens (tertiary/aromatic N) is 2. The zero-order valence-corrected chi connectivity index (χ0v) is 33.0. The number of hydrazine groups is 1. The molecule has 0 radical (unpaired) electrons. The van der Waals surface area contributed by atoms with Gasteiger partial charge in [-0.25, -0.2) is 14.4 Å². The van der Waals surface area contributed by atoms with Gasteiger partial charge in [-0.2, -0.15) is 0 Å². The third kappa shape index (κ3) is 13.0. The van der Waals surface area contributed by atoms with Gasteiger partial charge < -0.3 is 14.8 Å². The molecule has 3 rings (SSSR count). The number of benzene rings is 1. The molecule has 278 valence electrons. The van der Waals surface area contributed by atoms with Crippen molar-refractivity contribution in [2.24, 2.45) is 11.8 Å². The number of amides is 2. The van der Waals surface area contributed by atoms with Gasteiger partial charge in [-0.05, 0) is 77.0 Å². The molecule has 0 spiro atoms. The average molecular weight is 775 g/mol. The Morgan fingerprint density at radius 1 is 1.10 bits per heavy atom. The van der Waals surface area contributed by atoms with Crippen molar-refractivity contribution in [1.29, 1.82) is 0 Å². The highest BCUT2D eigenvalue weighted by Gasteiger charge is 2.34. The van der Waals surface area contributed by atoms with Gasteiger partial charge in [0.15, 0.2) is 0 Å². The highest BCUT2D eigenvalue weighted by molar-refractivity contribution is 7.84. The van der Waals surface area contributed by atoms with E-state index in [-0.39, 0.29) is 29.2 Å². The van der Waals surface area contributed by atoms with E-state index in [1.165, 1.54) is 5.01 Å². The third-order valence-electron chi connectivity index (χ3n) is 7.89. The topological polar surface area (TPSA) is 139 Å². The summed E-state index contributed by atoms with van der Waals surface area (Å²) in [4.78, 5) is 43.7. The number of pyridine rings is 1. The largest absolute Gasteiger partial charge is 0.460 e. The first-order valence-corrected chi connectivity index (χ1v) is 19.0. The first-order valence-electron chi connectivity index (χ1n) is 16.7. The second-order valence-corrected chi connectivity index (χ2v) is 18.5. The van der Waals surface area contributed by atoms with E-state index in [9.17, 15) is 18.6 Å². The number of esters is 1. The van der Waals surface area contributed by atoms with Gasteiger partial charge in [0.05, 0.1) is 39.6 Å². The Kier molecular flexibility index (Phi) is 15.5. The van der Waals surface area contributed by atoms with Crippen LogP contribution in [0.2, 0.25) is 0 Å². The normalized spacial score (nSPS) is 18.9. The maximum Gasteiger partial charge on any atom is 0.325 e. The van der Waals surface area contributed by atoms with Crippen molar-refractivity contribution < 1.29 is 28.1 Å². The van der Waals surface area contributed by atoms with Crippen LogP contribution in [-0.2, 0) is 34.8 Å². The quantitative estimate of drug-likeness (QED) is 0.158. The lowest BCUT2D eigenvalue weighted by atomic mass is 10.0. The number of aromatic nitrogens is 1. The number of alkyl halides is 3. The number of carbonyl (C=O) groups excluding carboxylic acids is 3. The number of ether oxygens (including phenoxy) is 2. The van der Waals surface area contributed by atoms with Gasteiger partial charge in [-0.3, -0.25) is 24.4 Å². The molecule has 1 aliphatic rings. The molecule has 1 aliphatic heterocycles. The van der Waals surface area contributed by atoms with E-state index in [2.05, 4.69) is 15.5 Å². The van der Waals surface area contributed by atoms with Crippen molar-refractivity contribution in [3.8, 4) is 0 Å². The summed E-state index contributed by atoms with van der Waals surface area (Å²) in [5.74, 6) is -1.62. The van der Waals surface area contributed by atoms with Crippen molar-refractivity contribution in [2.45, 2.75) is 101 Å². The Morgan fingerprint density at radius 3 is 2.42 bits per heavy atom. The molecule has 6 atom stereocenters. The Labute approximate surface area is 313 Å². The molecule has 11 nitrogen and oxygen atoms in total. The fourth-order valence-corrected chi connectivity index (χ4v) is 5.97. The zero-order chi connectivity index (χ0) is 37.4. The molecule has 0 saturated carbocycles. The Bertz CT molecular complexity index is 1550. The van der Waals surface area contributed by atoms with Gasteiger partial charge >= 0.3 is 5.97 Å². The molecular formula is C35H50Cl3N5O6S. The van der Waals surface area contributed by atoms with Crippen LogP contribution < -0.4 is 15.5 Å². The second-order valence-electron chi connectivity index (χ2n) is 14.0. The molecule has 1 aromatic carbocycles. The molecule has 15 heteroatoms. The van der Waals surface area contributed by atoms with Gasteiger partial charge in [-0.1, -0.05) is 85.9 Å². The maximum absolute atomic E-state index is 13.2. The number of halogens is 3. The molecule has 1 saturated heterocycles. The number of hydrogen-bond acceptors (Lipinski definition) is 8. The van der Waals surface area contributed by atoms with Crippen LogP contribution in [-0.4, -0.2) is 78.5 Å². The lowest BCUT2D eigenvalue weighted by Crippen LogP contribution is -2.60. The second kappa shape index (κ2) is 18.4. The van der Waals surface area contributed by atoms with E-state index in [0.29, 0.717) is 19.4 Å². The molecule has 2 amide bonds. The lowest BCUT2D eigenvalue weighted by Gasteiger charge is -2.34. The number of rotatable bonds is 14. The van der Waals surface area contributed by atoms with Crippen LogP contribution in [0.15, 0.2) is 36.4 Å². The predicted molar refractivity (Wildman–Crippen MR) is 201 cm³/mol. The van der Waals surface area contributed by atoms with Crippen LogP contribution in [0.25, 0.3) is 17.0 Å². The summed E-state index contributed by atoms with van der Waals surface area (Å²) < 4.78 is 24.7. The van der Waals surface area contributed by atoms with Crippen LogP contribution in [0.4, 0.5) is 0 Å². The summed E-state index contributed by atoms with van der Waals surface area (Å²) in [6.45, 7) is 15.3. The van der Waals surface area contributed by atoms with Crippen LogP contribution in [0.1, 0.15) is 85.5 Å². The minimum atomic E-state index is -1.74. The summed E-state index contributed by atoms with van der Waals surface area (Å²) in [6.07, 6.45) is 4.21. The van der Waals surface area contributed by atoms with Crippen molar-refractivity contribution in [1.82, 2.24) is 25.5 Å². The first kappa shape index (κ1) is 42.1. The van der Waals surface area contributed by atoms with Crippen molar-refractivity contribution in [3.63, 3.8) is 0 Å². The minimum absolute atomic E-state index is 0.0227. The molecule has 1 aromatic heterocycles. The Morgan fingerprint density at radius 2 is 1.78 bits per heavy atom. The molecule has 50 heavy (non-hydrogen) atoms. The highest BCUT2D eigenvalue weighted by Crippen LogP contribution is 2.26. The Balaban J connectivity index is 1.55. The van der Waals surface area contributed by atoms with E-state index < -0.39 is 57.4 Å². The average Bonchev–Trinajstić information content (AvgIpc) is 3.04. The number of hydrogen-bond donors (Lipinski definition) is 3. The highest BCUT2D eigenvalue weighted by atomic mass is 35.6. The number of fused-ring (bicyclic) bond motifs is 1. The van der Waals surface area contributed by atoms with Gasteiger partial charge in [0.25, 0.3) is 5.91 Å². The van der Waals surface area contributed by atoms with Crippen molar-refractivity contribution in [3.05, 3.63) is 47.7 Å². The third-order valence-corrected chi connectivity index (χ3v) is 9.89. The summed E-state index contributed by atoms with van der Waals surface area (Å²) in [5, 5.41) is 5.08. The van der Waals surface area contributed by atoms with Gasteiger partial charge in [0, 0.05) is 11.9 Å². The van der Waals surface area contributed by atoms with E-state index in [1.807, 2.05) is 91.0 Å². The molecule has 2 heterocycles. The number of nitrogens with one attached hydrogen (secondary N) is 3. The fraction of sp³-hybridized carbons (Fsp3) is 0.600. The summed E-state index contributed by atoms with van der Waals surface area (Å²) >= 11 is 17.0. The smallest absolute Gasteiger partial charge is 0.325 e. The molecule has 1 unspecified atom stereocenters. The number of carbonyl (C=O) groups is 3. The molecule has 0 bridgehead atoms.